The monoisotopic (exact) mass is 357 g/mol. The van der Waals surface area contributed by atoms with Gasteiger partial charge in [0.15, 0.2) is 5.67 Å². The fourth-order valence-corrected chi connectivity index (χ4v) is 2.33. The summed E-state index contributed by atoms with van der Waals surface area (Å²) in [4.78, 5) is 22.7. The summed E-state index contributed by atoms with van der Waals surface area (Å²) in [6.07, 6.45) is -0.0768. The van der Waals surface area contributed by atoms with Crippen molar-refractivity contribution in [3.8, 4) is 0 Å². The molecule has 8 heteroatoms. The van der Waals surface area contributed by atoms with Gasteiger partial charge in [0.25, 0.3) is 5.91 Å². The van der Waals surface area contributed by atoms with Gasteiger partial charge < -0.3 is 10.8 Å². The van der Waals surface area contributed by atoms with Crippen LogP contribution in [-0.2, 0) is 16.0 Å². The number of hydrogen-bond acceptors (Lipinski definition) is 4. The number of primary amides is 1. The maximum absolute atomic E-state index is 13.9. The predicted octanol–water partition coefficient (Wildman–Crippen LogP) is 1.44. The Morgan fingerprint density at radius 1 is 1.40 bits per heavy atom. The van der Waals surface area contributed by atoms with Crippen molar-refractivity contribution in [1.29, 1.82) is 0 Å². The summed E-state index contributed by atoms with van der Waals surface area (Å²) >= 11 is 0. The van der Waals surface area contributed by atoms with E-state index < -0.39 is 35.3 Å². The fourth-order valence-electron chi connectivity index (χ4n) is 2.33. The van der Waals surface area contributed by atoms with Crippen molar-refractivity contribution in [3.05, 3.63) is 42.1 Å². The predicted molar refractivity (Wildman–Crippen MR) is 86.4 cm³/mol. The van der Waals surface area contributed by atoms with Gasteiger partial charge in [-0.25, -0.2) is 14.3 Å². The summed E-state index contributed by atoms with van der Waals surface area (Å²) in [6.45, 7) is 1.00. The first-order valence-electron chi connectivity index (χ1n) is 7.85. The molecule has 0 heterocycles. The summed E-state index contributed by atoms with van der Waals surface area (Å²) in [5.74, 6) is -3.31. The van der Waals surface area contributed by atoms with Gasteiger partial charge in [-0.05, 0) is 50.7 Å². The molecule has 1 aromatic rings. The molecule has 0 bridgehead atoms. The first-order valence-corrected chi connectivity index (χ1v) is 7.85. The molecule has 0 aliphatic carbocycles. The number of nitrogens with two attached hydrogens (primary N) is 1. The lowest BCUT2D eigenvalue weighted by atomic mass is 9.89. The number of carbonyl (C=O) groups excluding carboxylic acids is 2. The Balaban J connectivity index is 2.60. The van der Waals surface area contributed by atoms with Crippen molar-refractivity contribution in [3.63, 3.8) is 0 Å². The number of nitrogens with one attached hydrogen (secondary N) is 1. The number of benzene rings is 1. The second kappa shape index (κ2) is 9.43. The average molecular weight is 357 g/mol. The minimum atomic E-state index is -2.30. The molecule has 0 spiro atoms. The second-order valence-corrected chi connectivity index (χ2v) is 6.11. The molecule has 0 saturated carbocycles. The van der Waals surface area contributed by atoms with Crippen LogP contribution >= 0.6 is 0 Å². The third-order valence-corrected chi connectivity index (χ3v) is 4.05. The second-order valence-electron chi connectivity index (χ2n) is 6.11. The van der Waals surface area contributed by atoms with Gasteiger partial charge >= 0.3 is 0 Å². The van der Waals surface area contributed by atoms with Crippen LogP contribution in [0.1, 0.15) is 31.7 Å². The molecule has 25 heavy (non-hydrogen) atoms. The van der Waals surface area contributed by atoms with E-state index in [1.165, 1.54) is 18.0 Å². The van der Waals surface area contributed by atoms with Gasteiger partial charge in [-0.2, -0.15) is 0 Å². The van der Waals surface area contributed by atoms with E-state index in [0.717, 1.165) is 6.92 Å². The Morgan fingerprint density at radius 2 is 2.04 bits per heavy atom. The molecule has 3 atom stereocenters. The zero-order chi connectivity index (χ0) is 19.0. The summed E-state index contributed by atoms with van der Waals surface area (Å²) in [7, 11) is 0. The van der Waals surface area contributed by atoms with Crippen molar-refractivity contribution < 1.29 is 28.7 Å². The number of halogens is 2. The number of carbonyl (C=O) groups is 2. The summed E-state index contributed by atoms with van der Waals surface area (Å²) < 4.78 is 27.4. The zero-order valence-electron chi connectivity index (χ0n) is 13.9. The van der Waals surface area contributed by atoms with E-state index >= 15 is 0 Å². The van der Waals surface area contributed by atoms with Crippen LogP contribution in [0, 0.1) is 18.2 Å². The van der Waals surface area contributed by atoms with E-state index in [-0.39, 0.29) is 25.7 Å². The summed E-state index contributed by atoms with van der Waals surface area (Å²) in [5.41, 5.74) is 4.48. The maximum atomic E-state index is 13.9. The first kappa shape index (κ1) is 21.0. The average Bonchev–Trinajstić information content (AvgIpc) is 2.57. The van der Waals surface area contributed by atoms with Crippen LogP contribution < -0.4 is 11.2 Å². The van der Waals surface area contributed by atoms with Crippen molar-refractivity contribution in [1.82, 2.24) is 5.48 Å². The lowest BCUT2D eigenvalue weighted by molar-refractivity contribution is -0.136. The molecule has 1 radical (unpaired) electrons. The number of aliphatic hydroxyl groups is 1. The molecule has 1 aromatic carbocycles. The van der Waals surface area contributed by atoms with Crippen LogP contribution in [0.3, 0.4) is 0 Å². The fraction of sp³-hybridized carbons (Fsp3) is 0.471. The normalized spacial score (nSPS) is 15.9. The van der Waals surface area contributed by atoms with Gasteiger partial charge in [0.05, 0.1) is 6.10 Å². The Labute approximate surface area is 145 Å². The first-order chi connectivity index (χ1) is 11.7. The van der Waals surface area contributed by atoms with Crippen molar-refractivity contribution >= 4 is 11.8 Å². The molecular weight excluding hydrogens is 334 g/mol. The van der Waals surface area contributed by atoms with Crippen LogP contribution in [0.2, 0.25) is 0 Å². The number of aliphatic hydroxyl groups excluding tert-OH is 1. The number of rotatable bonds is 10. The van der Waals surface area contributed by atoms with Gasteiger partial charge in [-0.1, -0.05) is 18.2 Å². The number of alkyl halides is 1. The largest absolute Gasteiger partial charge is 0.393 e. The molecule has 6 nitrogen and oxygen atoms in total. The van der Waals surface area contributed by atoms with E-state index in [1.54, 1.807) is 18.2 Å². The molecule has 5 N–H and O–H groups in total. The number of amides is 2. The Hall–Kier alpha value is -2.06. The highest BCUT2D eigenvalue weighted by Crippen LogP contribution is 2.24. The van der Waals surface area contributed by atoms with E-state index in [4.69, 9.17) is 10.9 Å². The smallest absolute Gasteiger partial charge is 0.254 e. The third kappa shape index (κ3) is 6.75. The number of hydroxylamine groups is 1. The van der Waals surface area contributed by atoms with Crippen LogP contribution in [-0.4, -0.2) is 33.9 Å². The highest BCUT2D eigenvalue weighted by molar-refractivity contribution is 5.83. The van der Waals surface area contributed by atoms with E-state index in [1.807, 2.05) is 0 Å². The van der Waals surface area contributed by atoms with Gasteiger partial charge in [0.2, 0.25) is 5.91 Å². The summed E-state index contributed by atoms with van der Waals surface area (Å²) in [6, 6.07) is 6.07. The van der Waals surface area contributed by atoms with Gasteiger partial charge in [-0.15, -0.1) is 0 Å². The minimum Gasteiger partial charge on any atom is -0.393 e. The highest BCUT2D eigenvalue weighted by atomic mass is 19.1. The van der Waals surface area contributed by atoms with Crippen LogP contribution in [0.15, 0.2) is 24.3 Å². The maximum Gasteiger partial charge on any atom is 0.254 e. The Bertz CT molecular complexity index is 596. The van der Waals surface area contributed by atoms with Crippen LogP contribution in [0.5, 0.6) is 0 Å². The standard InChI is InChI=1S/C17H23F2N2O4/c1-17(19,16(20)24)9-8-12(15(23)21-25)10-13(22)7-6-11-4-2-3-5-14(11)18/h2-5,7,12-13,22,25H,6,8-10H2,1H3,(H2,20,24)(H,21,23). The molecule has 0 aliphatic rings. The molecule has 0 saturated heterocycles. The molecule has 139 valence electrons. The Kier molecular flexibility index (Phi) is 7.92. The zero-order valence-corrected chi connectivity index (χ0v) is 13.9. The molecule has 0 aliphatic heterocycles. The van der Waals surface area contributed by atoms with Crippen molar-refractivity contribution in [2.75, 3.05) is 0 Å². The number of hydrogen-bond donors (Lipinski definition) is 4. The topological polar surface area (TPSA) is 113 Å². The SMILES string of the molecule is CC(F)(CCC(CC(O)[CH]Cc1ccccc1F)C(=O)NO)C(N)=O. The quantitative estimate of drug-likeness (QED) is 0.375. The minimum absolute atomic E-state index is 0.104. The van der Waals surface area contributed by atoms with Gasteiger partial charge in [0, 0.05) is 5.92 Å². The van der Waals surface area contributed by atoms with Gasteiger partial charge in [-0.3, -0.25) is 14.8 Å². The Morgan fingerprint density at radius 3 is 2.60 bits per heavy atom. The van der Waals surface area contributed by atoms with Crippen molar-refractivity contribution in [2.45, 2.75) is 44.4 Å². The highest BCUT2D eigenvalue weighted by Gasteiger charge is 2.33. The van der Waals surface area contributed by atoms with Gasteiger partial charge in [0.1, 0.15) is 5.82 Å². The lowest BCUT2D eigenvalue weighted by Crippen LogP contribution is -2.38. The van der Waals surface area contributed by atoms with Crippen LogP contribution in [0.4, 0.5) is 8.78 Å². The summed E-state index contributed by atoms with van der Waals surface area (Å²) in [5, 5.41) is 18.8. The molecule has 2 amide bonds. The van der Waals surface area contributed by atoms with Crippen LogP contribution in [0.25, 0.3) is 0 Å². The molecule has 1 rings (SSSR count). The van der Waals surface area contributed by atoms with E-state index in [0.29, 0.717) is 5.56 Å². The third-order valence-electron chi connectivity index (χ3n) is 4.05. The molecule has 0 aromatic heterocycles. The van der Waals surface area contributed by atoms with E-state index in [9.17, 15) is 23.5 Å². The van der Waals surface area contributed by atoms with Crippen molar-refractivity contribution in [2.24, 2.45) is 11.7 Å². The van der Waals surface area contributed by atoms with E-state index in [2.05, 4.69) is 0 Å². The molecule has 3 unspecified atom stereocenters. The molecule has 0 fully saturated rings. The molecular formula is C17H23F2N2O4. The lowest BCUT2D eigenvalue weighted by Gasteiger charge is -2.22.